The second-order valence-corrected chi connectivity index (χ2v) is 6.76. The van der Waals surface area contributed by atoms with Gasteiger partial charge in [-0.05, 0) is 24.0 Å². The Labute approximate surface area is 158 Å². The van der Waals surface area contributed by atoms with Crippen LogP contribution in [0.2, 0.25) is 0 Å². The van der Waals surface area contributed by atoms with E-state index >= 15 is 0 Å². The van der Waals surface area contributed by atoms with Crippen molar-refractivity contribution in [2.45, 2.75) is 31.8 Å². The van der Waals surface area contributed by atoms with Gasteiger partial charge >= 0.3 is 0 Å². The first-order valence-corrected chi connectivity index (χ1v) is 9.21. The van der Waals surface area contributed by atoms with Gasteiger partial charge in [0.1, 0.15) is 6.04 Å². The molecule has 3 aromatic rings. The molecule has 0 aliphatic carbocycles. The number of nitrogens with zero attached hydrogens (tertiary/aromatic N) is 3. The molecule has 1 amide bonds. The molecule has 1 aliphatic rings. The average molecular weight is 362 g/mol. The Morgan fingerprint density at radius 2 is 1.89 bits per heavy atom. The first-order valence-electron chi connectivity index (χ1n) is 9.21. The van der Waals surface area contributed by atoms with Crippen LogP contribution in [0.4, 0.5) is 0 Å². The van der Waals surface area contributed by atoms with Crippen LogP contribution in [0, 0.1) is 0 Å². The molecule has 1 saturated heterocycles. The van der Waals surface area contributed by atoms with Crippen molar-refractivity contribution in [3.8, 4) is 11.4 Å². The van der Waals surface area contributed by atoms with Gasteiger partial charge in [0.25, 0.3) is 0 Å². The number of hydrogen-bond donors (Lipinski definition) is 1. The van der Waals surface area contributed by atoms with Crippen LogP contribution < -0.4 is 5.73 Å². The van der Waals surface area contributed by atoms with Crippen LogP contribution in [-0.2, 0) is 17.8 Å². The zero-order chi connectivity index (χ0) is 18.6. The van der Waals surface area contributed by atoms with Crippen molar-refractivity contribution >= 4 is 5.91 Å². The highest BCUT2D eigenvalue weighted by Crippen LogP contribution is 2.32. The minimum atomic E-state index is -0.147. The minimum Gasteiger partial charge on any atom is -0.337 e. The lowest BCUT2D eigenvalue weighted by atomic mass is 10.1. The molecule has 1 atom stereocenters. The first kappa shape index (κ1) is 17.4. The van der Waals surface area contributed by atoms with Crippen LogP contribution in [0.5, 0.6) is 0 Å². The molecule has 27 heavy (non-hydrogen) atoms. The third-order valence-corrected chi connectivity index (χ3v) is 4.95. The summed E-state index contributed by atoms with van der Waals surface area (Å²) in [5, 5.41) is 4.11. The number of carbonyl (C=O) groups excluding carboxylic acids is 1. The van der Waals surface area contributed by atoms with E-state index in [4.69, 9.17) is 10.3 Å². The molecule has 0 radical (unpaired) electrons. The predicted octanol–water partition coefficient (Wildman–Crippen LogP) is 3.10. The molecule has 1 unspecified atom stereocenters. The fourth-order valence-corrected chi connectivity index (χ4v) is 3.47. The van der Waals surface area contributed by atoms with Gasteiger partial charge in [0.15, 0.2) is 0 Å². The number of amides is 1. The molecule has 6 nitrogen and oxygen atoms in total. The van der Waals surface area contributed by atoms with Crippen molar-refractivity contribution in [1.82, 2.24) is 15.0 Å². The van der Waals surface area contributed by atoms with E-state index in [0.29, 0.717) is 24.7 Å². The van der Waals surface area contributed by atoms with Crippen molar-refractivity contribution in [2.75, 3.05) is 6.54 Å². The lowest BCUT2D eigenvalue weighted by Gasteiger charge is -2.21. The SMILES string of the molecule is NCc1ccc(-c2noc(C3CCCN3C(=O)Cc3ccccc3)n2)cc1. The maximum Gasteiger partial charge on any atom is 0.249 e. The molecule has 2 aromatic carbocycles. The van der Waals surface area contributed by atoms with Gasteiger partial charge < -0.3 is 15.2 Å². The van der Waals surface area contributed by atoms with Crippen LogP contribution in [0.25, 0.3) is 11.4 Å². The molecule has 0 bridgehead atoms. The summed E-state index contributed by atoms with van der Waals surface area (Å²) in [6.07, 6.45) is 2.17. The molecule has 138 valence electrons. The van der Waals surface area contributed by atoms with Gasteiger partial charge in [-0.25, -0.2) is 0 Å². The molecule has 1 aromatic heterocycles. The van der Waals surface area contributed by atoms with Crippen LogP contribution >= 0.6 is 0 Å². The Kier molecular flexibility index (Phi) is 4.98. The van der Waals surface area contributed by atoms with Crippen LogP contribution in [0.1, 0.15) is 35.9 Å². The quantitative estimate of drug-likeness (QED) is 0.754. The van der Waals surface area contributed by atoms with Gasteiger partial charge in [-0.3, -0.25) is 4.79 Å². The number of hydrogen-bond acceptors (Lipinski definition) is 5. The largest absolute Gasteiger partial charge is 0.337 e. The number of benzene rings is 2. The Balaban J connectivity index is 1.50. The highest BCUT2D eigenvalue weighted by atomic mass is 16.5. The van der Waals surface area contributed by atoms with Crippen molar-refractivity contribution in [3.63, 3.8) is 0 Å². The second kappa shape index (κ2) is 7.72. The van der Waals surface area contributed by atoms with E-state index in [1.807, 2.05) is 59.5 Å². The second-order valence-electron chi connectivity index (χ2n) is 6.76. The Bertz CT molecular complexity index is 905. The van der Waals surface area contributed by atoms with E-state index in [9.17, 15) is 4.79 Å². The first-order chi connectivity index (χ1) is 13.2. The predicted molar refractivity (Wildman–Crippen MR) is 101 cm³/mol. The summed E-state index contributed by atoms with van der Waals surface area (Å²) < 4.78 is 5.51. The van der Waals surface area contributed by atoms with E-state index in [1.165, 1.54) is 0 Å². The number of likely N-dealkylation sites (tertiary alicyclic amines) is 1. The van der Waals surface area contributed by atoms with E-state index in [1.54, 1.807) is 0 Å². The van der Waals surface area contributed by atoms with Gasteiger partial charge in [0.05, 0.1) is 6.42 Å². The molecule has 2 N–H and O–H groups in total. The normalized spacial score (nSPS) is 16.6. The Morgan fingerprint density at radius 3 is 2.63 bits per heavy atom. The fourth-order valence-electron chi connectivity index (χ4n) is 3.47. The molecule has 1 fully saturated rings. The van der Waals surface area contributed by atoms with Gasteiger partial charge in [0.2, 0.25) is 17.6 Å². The van der Waals surface area contributed by atoms with E-state index < -0.39 is 0 Å². The third-order valence-electron chi connectivity index (χ3n) is 4.95. The van der Waals surface area contributed by atoms with Crippen molar-refractivity contribution in [2.24, 2.45) is 5.73 Å². The van der Waals surface area contributed by atoms with Crippen LogP contribution in [0.15, 0.2) is 59.1 Å². The topological polar surface area (TPSA) is 85.2 Å². The molecule has 0 saturated carbocycles. The summed E-state index contributed by atoms with van der Waals surface area (Å²) in [5.41, 5.74) is 8.58. The summed E-state index contributed by atoms with van der Waals surface area (Å²) >= 11 is 0. The molecular weight excluding hydrogens is 340 g/mol. The maximum atomic E-state index is 12.8. The monoisotopic (exact) mass is 362 g/mol. The number of carbonyl (C=O) groups is 1. The summed E-state index contributed by atoms with van der Waals surface area (Å²) in [4.78, 5) is 19.2. The summed E-state index contributed by atoms with van der Waals surface area (Å²) in [7, 11) is 0. The summed E-state index contributed by atoms with van der Waals surface area (Å²) in [5.74, 6) is 1.14. The maximum absolute atomic E-state index is 12.8. The highest BCUT2D eigenvalue weighted by molar-refractivity contribution is 5.79. The van der Waals surface area contributed by atoms with Gasteiger partial charge in [-0.1, -0.05) is 59.8 Å². The minimum absolute atomic E-state index is 0.0933. The molecule has 0 spiro atoms. The van der Waals surface area contributed by atoms with E-state index in [0.717, 1.165) is 36.1 Å². The van der Waals surface area contributed by atoms with Crippen molar-refractivity contribution in [1.29, 1.82) is 0 Å². The molecule has 6 heteroatoms. The Hall–Kier alpha value is -2.99. The summed E-state index contributed by atoms with van der Waals surface area (Å²) in [6.45, 7) is 1.22. The highest BCUT2D eigenvalue weighted by Gasteiger charge is 2.34. The van der Waals surface area contributed by atoms with Crippen molar-refractivity contribution < 1.29 is 9.32 Å². The molecule has 1 aliphatic heterocycles. The number of nitrogens with two attached hydrogens (primary N) is 1. The lowest BCUT2D eigenvalue weighted by Crippen LogP contribution is -2.32. The standard InChI is InChI=1S/C21H22N4O2/c22-14-16-8-10-17(11-9-16)20-23-21(27-24-20)18-7-4-12-25(18)19(26)13-15-5-2-1-3-6-15/h1-3,5-6,8-11,18H,4,7,12-14,22H2. The smallest absolute Gasteiger partial charge is 0.249 e. The molecular formula is C21H22N4O2. The van der Waals surface area contributed by atoms with E-state index in [-0.39, 0.29) is 11.9 Å². The molecule has 4 rings (SSSR count). The summed E-state index contributed by atoms with van der Waals surface area (Å²) in [6, 6.07) is 17.4. The number of rotatable bonds is 5. The third kappa shape index (κ3) is 3.75. The van der Waals surface area contributed by atoms with Crippen LogP contribution in [-0.4, -0.2) is 27.5 Å². The molecule has 2 heterocycles. The Morgan fingerprint density at radius 1 is 1.11 bits per heavy atom. The zero-order valence-corrected chi connectivity index (χ0v) is 15.0. The van der Waals surface area contributed by atoms with Crippen LogP contribution in [0.3, 0.4) is 0 Å². The lowest BCUT2D eigenvalue weighted by molar-refractivity contribution is -0.131. The zero-order valence-electron chi connectivity index (χ0n) is 15.0. The van der Waals surface area contributed by atoms with Gasteiger partial charge in [-0.2, -0.15) is 4.98 Å². The average Bonchev–Trinajstić information content (AvgIpc) is 3.38. The fraction of sp³-hybridized carbons (Fsp3) is 0.286. The van der Waals surface area contributed by atoms with Crippen molar-refractivity contribution in [3.05, 3.63) is 71.6 Å². The van der Waals surface area contributed by atoms with Gasteiger partial charge in [0, 0.05) is 18.7 Å². The van der Waals surface area contributed by atoms with E-state index in [2.05, 4.69) is 10.1 Å². The van der Waals surface area contributed by atoms with Gasteiger partial charge in [-0.15, -0.1) is 0 Å². The number of aromatic nitrogens is 2.